The normalized spacial score (nSPS) is 18.1. The van der Waals surface area contributed by atoms with E-state index in [-0.39, 0.29) is 17.7 Å². The van der Waals surface area contributed by atoms with Crippen molar-refractivity contribution in [2.45, 2.75) is 45.2 Å². The first-order chi connectivity index (χ1) is 14.6. The number of fused-ring (bicyclic) bond motifs is 1. The van der Waals surface area contributed by atoms with Gasteiger partial charge in [0.05, 0.1) is 0 Å². The molecule has 1 atom stereocenters. The molecule has 0 bridgehead atoms. The zero-order chi connectivity index (χ0) is 21.1. The Labute approximate surface area is 176 Å². The molecule has 0 spiro atoms. The number of nitrogens with one attached hydrogen (secondary N) is 1. The molecule has 156 valence electrons. The molecule has 0 aliphatic carbocycles. The molecule has 6 nitrogen and oxygen atoms in total. The van der Waals surface area contributed by atoms with Gasteiger partial charge < -0.3 is 15.1 Å². The van der Waals surface area contributed by atoms with Gasteiger partial charge in [0.2, 0.25) is 11.8 Å². The molecule has 0 radical (unpaired) electrons. The number of nitrogens with zero attached hydrogens (tertiary/aromatic N) is 2. The summed E-state index contributed by atoms with van der Waals surface area (Å²) in [5.74, 6) is -0.155. The Hall–Kier alpha value is -3.15. The largest absolute Gasteiger partial charge is 0.341 e. The summed E-state index contributed by atoms with van der Waals surface area (Å²) in [6.07, 6.45) is 2.93. The fraction of sp³-hybridized carbons (Fsp3) is 0.375. The van der Waals surface area contributed by atoms with Gasteiger partial charge in [0.25, 0.3) is 5.91 Å². The molecule has 1 N–H and O–H groups in total. The van der Waals surface area contributed by atoms with Crippen LogP contribution in [0, 0.1) is 0 Å². The topological polar surface area (TPSA) is 69.7 Å². The Kier molecular flexibility index (Phi) is 5.84. The molecule has 30 heavy (non-hydrogen) atoms. The zero-order valence-electron chi connectivity index (χ0n) is 17.3. The van der Waals surface area contributed by atoms with Crippen LogP contribution in [0.25, 0.3) is 0 Å². The van der Waals surface area contributed by atoms with Gasteiger partial charge in [0.15, 0.2) is 0 Å². The number of carbonyl (C=O) groups excluding carboxylic acids is 3. The van der Waals surface area contributed by atoms with Gasteiger partial charge >= 0.3 is 0 Å². The molecule has 1 saturated heterocycles. The van der Waals surface area contributed by atoms with Crippen molar-refractivity contribution in [1.82, 2.24) is 9.80 Å². The second-order valence-electron chi connectivity index (χ2n) is 7.94. The van der Waals surface area contributed by atoms with E-state index in [2.05, 4.69) is 5.32 Å². The maximum absolute atomic E-state index is 13.3. The lowest BCUT2D eigenvalue weighted by atomic mass is 9.92. The molecule has 2 aromatic carbocycles. The van der Waals surface area contributed by atoms with Crippen molar-refractivity contribution >= 4 is 23.4 Å². The van der Waals surface area contributed by atoms with Crippen molar-refractivity contribution in [3.63, 3.8) is 0 Å². The number of amides is 3. The third-order valence-corrected chi connectivity index (χ3v) is 5.93. The lowest BCUT2D eigenvalue weighted by molar-refractivity contribution is -0.135. The predicted molar refractivity (Wildman–Crippen MR) is 115 cm³/mol. The fourth-order valence-electron chi connectivity index (χ4n) is 4.24. The van der Waals surface area contributed by atoms with Crippen LogP contribution in [0.4, 0.5) is 5.69 Å². The number of likely N-dealkylation sites (tertiary alicyclic amines) is 1. The highest BCUT2D eigenvalue weighted by Crippen LogP contribution is 2.29. The van der Waals surface area contributed by atoms with Gasteiger partial charge in [0, 0.05) is 43.7 Å². The first-order valence-electron chi connectivity index (χ1n) is 10.6. The van der Waals surface area contributed by atoms with E-state index in [1.165, 1.54) is 0 Å². The van der Waals surface area contributed by atoms with Crippen LogP contribution in [0.1, 0.15) is 47.7 Å². The van der Waals surface area contributed by atoms with Crippen LogP contribution >= 0.6 is 0 Å². The molecular formula is C24H27N3O3. The van der Waals surface area contributed by atoms with Gasteiger partial charge in [0.1, 0.15) is 6.04 Å². The SMILES string of the molecule is CCC(=O)Nc1ccc2c(c1)CN(C(=O)c1ccccc1)C(C(=O)N1CCCC1)C2. The minimum atomic E-state index is -0.501. The van der Waals surface area contributed by atoms with Gasteiger partial charge in [-0.05, 0) is 48.2 Å². The summed E-state index contributed by atoms with van der Waals surface area (Å²) in [4.78, 5) is 42.0. The molecule has 2 aliphatic rings. The molecule has 4 rings (SSSR count). The Morgan fingerprint density at radius 2 is 1.73 bits per heavy atom. The van der Waals surface area contributed by atoms with Crippen molar-refractivity contribution in [3.8, 4) is 0 Å². The predicted octanol–water partition coefficient (Wildman–Crippen LogP) is 3.22. The van der Waals surface area contributed by atoms with Crippen LogP contribution in [0.3, 0.4) is 0 Å². The molecule has 3 amide bonds. The zero-order valence-corrected chi connectivity index (χ0v) is 17.3. The lowest BCUT2D eigenvalue weighted by Gasteiger charge is -2.38. The number of rotatable bonds is 4. The maximum atomic E-state index is 13.3. The quantitative estimate of drug-likeness (QED) is 0.849. The highest BCUT2D eigenvalue weighted by Gasteiger charge is 2.38. The highest BCUT2D eigenvalue weighted by molar-refractivity contribution is 5.98. The van der Waals surface area contributed by atoms with E-state index >= 15 is 0 Å². The smallest absolute Gasteiger partial charge is 0.254 e. The Bertz CT molecular complexity index is 951. The Morgan fingerprint density at radius 1 is 1.00 bits per heavy atom. The summed E-state index contributed by atoms with van der Waals surface area (Å²) in [5, 5.41) is 2.88. The average molecular weight is 405 g/mol. The number of benzene rings is 2. The van der Waals surface area contributed by atoms with Crippen LogP contribution in [0.5, 0.6) is 0 Å². The van der Waals surface area contributed by atoms with Crippen molar-refractivity contribution in [2.75, 3.05) is 18.4 Å². The van der Waals surface area contributed by atoms with Crippen molar-refractivity contribution < 1.29 is 14.4 Å². The molecule has 6 heteroatoms. The molecule has 2 aromatic rings. The monoisotopic (exact) mass is 405 g/mol. The van der Waals surface area contributed by atoms with E-state index in [1.54, 1.807) is 17.0 Å². The van der Waals surface area contributed by atoms with Gasteiger partial charge in [-0.25, -0.2) is 0 Å². The van der Waals surface area contributed by atoms with Gasteiger partial charge in [-0.2, -0.15) is 0 Å². The molecular weight excluding hydrogens is 378 g/mol. The van der Waals surface area contributed by atoms with Gasteiger partial charge in [-0.3, -0.25) is 14.4 Å². The van der Waals surface area contributed by atoms with Crippen LogP contribution in [0.2, 0.25) is 0 Å². The van der Waals surface area contributed by atoms with E-state index in [0.29, 0.717) is 24.9 Å². The summed E-state index contributed by atoms with van der Waals surface area (Å²) in [5.41, 5.74) is 3.32. The standard InChI is InChI=1S/C24H27N3O3/c1-2-22(28)25-20-11-10-18-15-21(24(30)26-12-6-7-13-26)27(16-19(18)14-20)23(29)17-8-4-3-5-9-17/h3-5,8-11,14,21H,2,6-7,12-13,15-16H2,1H3,(H,25,28). The summed E-state index contributed by atoms with van der Waals surface area (Å²) in [6.45, 7) is 3.68. The van der Waals surface area contributed by atoms with Crippen molar-refractivity contribution in [2.24, 2.45) is 0 Å². The minimum Gasteiger partial charge on any atom is -0.341 e. The van der Waals surface area contributed by atoms with Crippen LogP contribution < -0.4 is 5.32 Å². The summed E-state index contributed by atoms with van der Waals surface area (Å²) >= 11 is 0. The molecule has 2 heterocycles. The minimum absolute atomic E-state index is 0.0331. The van der Waals surface area contributed by atoms with E-state index in [0.717, 1.165) is 42.7 Å². The van der Waals surface area contributed by atoms with E-state index in [9.17, 15) is 14.4 Å². The Morgan fingerprint density at radius 3 is 2.43 bits per heavy atom. The number of hydrogen-bond donors (Lipinski definition) is 1. The highest BCUT2D eigenvalue weighted by atomic mass is 16.2. The van der Waals surface area contributed by atoms with Crippen LogP contribution in [-0.2, 0) is 22.6 Å². The summed E-state index contributed by atoms with van der Waals surface area (Å²) in [6, 6.07) is 14.4. The fourth-order valence-corrected chi connectivity index (χ4v) is 4.24. The first-order valence-corrected chi connectivity index (χ1v) is 10.6. The second-order valence-corrected chi connectivity index (χ2v) is 7.94. The van der Waals surface area contributed by atoms with E-state index < -0.39 is 6.04 Å². The molecule has 0 saturated carbocycles. The third kappa shape index (κ3) is 4.08. The van der Waals surface area contributed by atoms with Gasteiger partial charge in [-0.15, -0.1) is 0 Å². The van der Waals surface area contributed by atoms with Crippen LogP contribution in [0.15, 0.2) is 48.5 Å². The van der Waals surface area contributed by atoms with Crippen molar-refractivity contribution in [1.29, 1.82) is 0 Å². The second kappa shape index (κ2) is 8.69. The Balaban J connectivity index is 1.66. The summed E-state index contributed by atoms with van der Waals surface area (Å²) < 4.78 is 0. The van der Waals surface area contributed by atoms with Gasteiger partial charge in [-0.1, -0.05) is 31.2 Å². The number of carbonyl (C=O) groups is 3. The number of anilines is 1. The van der Waals surface area contributed by atoms with E-state index in [1.807, 2.05) is 48.2 Å². The van der Waals surface area contributed by atoms with E-state index in [4.69, 9.17) is 0 Å². The molecule has 2 aliphatic heterocycles. The maximum Gasteiger partial charge on any atom is 0.254 e. The first kappa shape index (κ1) is 20.1. The van der Waals surface area contributed by atoms with Crippen molar-refractivity contribution in [3.05, 3.63) is 65.2 Å². The molecule has 1 unspecified atom stereocenters. The third-order valence-electron chi connectivity index (χ3n) is 5.93. The lowest BCUT2D eigenvalue weighted by Crippen LogP contribution is -2.53. The molecule has 1 fully saturated rings. The molecule has 0 aromatic heterocycles. The summed E-state index contributed by atoms with van der Waals surface area (Å²) in [7, 11) is 0. The average Bonchev–Trinajstić information content (AvgIpc) is 3.32. The number of hydrogen-bond acceptors (Lipinski definition) is 3. The van der Waals surface area contributed by atoms with Crippen LogP contribution in [-0.4, -0.2) is 46.7 Å².